The van der Waals surface area contributed by atoms with Crippen molar-refractivity contribution in [1.29, 1.82) is 0 Å². The maximum Gasteiger partial charge on any atom is 0.303 e. The number of rotatable bonds is 7. The molecule has 0 amide bonds. The Balaban J connectivity index is 1.55. The van der Waals surface area contributed by atoms with Gasteiger partial charge in [-0.2, -0.15) is 0 Å². The van der Waals surface area contributed by atoms with Crippen molar-refractivity contribution in [3.8, 4) is 0 Å². The normalized spacial score (nSPS) is 19.9. The maximum absolute atomic E-state index is 10.6. The molecule has 1 fully saturated rings. The van der Waals surface area contributed by atoms with Crippen molar-refractivity contribution >= 4 is 11.7 Å². The van der Waals surface area contributed by atoms with E-state index < -0.39 is 5.97 Å². The second-order valence-corrected chi connectivity index (χ2v) is 6.07. The fourth-order valence-corrected chi connectivity index (χ4v) is 2.68. The zero-order valence-corrected chi connectivity index (χ0v) is 12.7. The van der Waals surface area contributed by atoms with E-state index >= 15 is 0 Å². The van der Waals surface area contributed by atoms with E-state index in [9.17, 15) is 4.79 Å². The number of hydrogen-bond acceptors (Lipinski definition) is 3. The summed E-state index contributed by atoms with van der Waals surface area (Å²) in [7, 11) is 0. The predicted molar refractivity (Wildman–Crippen MR) is 85.0 cm³/mol. The smallest absolute Gasteiger partial charge is 0.303 e. The summed E-state index contributed by atoms with van der Waals surface area (Å²) in [5.41, 5.74) is 2.01. The lowest BCUT2D eigenvalue weighted by atomic mass is 10.1. The summed E-state index contributed by atoms with van der Waals surface area (Å²) < 4.78 is 5.87. The van der Waals surface area contributed by atoms with Crippen LogP contribution in [0.25, 0.3) is 0 Å². The Hall–Kier alpha value is -2.23. The number of hydrogen-bond donors (Lipinski definition) is 2. The number of nitrogens with one attached hydrogen (secondary N) is 1. The largest absolute Gasteiger partial charge is 0.481 e. The van der Waals surface area contributed by atoms with Crippen LogP contribution in [0.3, 0.4) is 0 Å². The number of anilines is 1. The molecule has 2 aromatic rings. The van der Waals surface area contributed by atoms with Crippen LogP contribution in [0.2, 0.25) is 0 Å². The summed E-state index contributed by atoms with van der Waals surface area (Å²) in [6.07, 6.45) is 1.94. The third-order valence-corrected chi connectivity index (χ3v) is 4.18. The van der Waals surface area contributed by atoms with Crippen LogP contribution in [0.1, 0.15) is 42.8 Å². The van der Waals surface area contributed by atoms with Gasteiger partial charge in [0.25, 0.3) is 0 Å². The molecule has 4 heteroatoms. The van der Waals surface area contributed by atoms with Crippen molar-refractivity contribution in [3.63, 3.8) is 0 Å². The molecular weight excluding hydrogens is 278 g/mol. The van der Waals surface area contributed by atoms with Crippen LogP contribution in [0.4, 0.5) is 5.69 Å². The van der Waals surface area contributed by atoms with Gasteiger partial charge in [0.2, 0.25) is 0 Å². The van der Waals surface area contributed by atoms with Crippen LogP contribution in [-0.4, -0.2) is 11.1 Å². The lowest BCUT2D eigenvalue weighted by Gasteiger charge is -2.07. The van der Waals surface area contributed by atoms with Crippen LogP contribution in [0.5, 0.6) is 0 Å². The number of aryl methyl sites for hydroxylation is 1. The zero-order chi connectivity index (χ0) is 15.5. The Bertz CT molecular complexity index is 662. The van der Waals surface area contributed by atoms with Crippen molar-refractivity contribution in [2.45, 2.75) is 38.6 Å². The SMILES string of the molecule is CC1CC1c1ccc(CNc2cccc(CCC(=O)O)c2)o1. The second-order valence-electron chi connectivity index (χ2n) is 6.07. The predicted octanol–water partition coefficient (Wildman–Crippen LogP) is 4.03. The van der Waals surface area contributed by atoms with E-state index in [0.717, 1.165) is 28.7 Å². The van der Waals surface area contributed by atoms with Gasteiger partial charge in [-0.25, -0.2) is 0 Å². The molecule has 3 rings (SSSR count). The fraction of sp³-hybridized carbons (Fsp3) is 0.389. The Kier molecular flexibility index (Phi) is 4.18. The van der Waals surface area contributed by atoms with Crippen molar-refractivity contribution in [1.82, 2.24) is 0 Å². The van der Waals surface area contributed by atoms with Gasteiger partial charge in [-0.05, 0) is 48.6 Å². The molecule has 2 N–H and O–H groups in total. The van der Waals surface area contributed by atoms with Crippen LogP contribution in [0.15, 0.2) is 40.8 Å². The van der Waals surface area contributed by atoms with Crippen molar-refractivity contribution in [2.24, 2.45) is 5.92 Å². The number of furan rings is 1. The molecule has 1 aliphatic rings. The van der Waals surface area contributed by atoms with Gasteiger partial charge in [0, 0.05) is 18.0 Å². The van der Waals surface area contributed by atoms with Crippen molar-refractivity contribution < 1.29 is 14.3 Å². The van der Waals surface area contributed by atoms with Gasteiger partial charge in [0.05, 0.1) is 6.54 Å². The quantitative estimate of drug-likeness (QED) is 0.810. The van der Waals surface area contributed by atoms with Crippen LogP contribution < -0.4 is 5.32 Å². The fourth-order valence-electron chi connectivity index (χ4n) is 2.68. The number of carbonyl (C=O) groups is 1. The Morgan fingerprint density at radius 2 is 2.18 bits per heavy atom. The third-order valence-electron chi connectivity index (χ3n) is 4.18. The van der Waals surface area contributed by atoms with Gasteiger partial charge in [0.15, 0.2) is 0 Å². The molecule has 0 spiro atoms. The molecule has 22 heavy (non-hydrogen) atoms. The maximum atomic E-state index is 10.6. The highest BCUT2D eigenvalue weighted by Crippen LogP contribution is 2.47. The Morgan fingerprint density at radius 3 is 2.91 bits per heavy atom. The second kappa shape index (κ2) is 6.26. The highest BCUT2D eigenvalue weighted by Gasteiger charge is 2.36. The van der Waals surface area contributed by atoms with Gasteiger partial charge in [-0.3, -0.25) is 4.79 Å². The standard InChI is InChI=1S/C18H21NO3/c1-12-9-16(12)17-7-6-15(22-17)11-19-14-4-2-3-13(10-14)5-8-18(20)21/h2-4,6-7,10,12,16,19H,5,8-9,11H2,1H3,(H,20,21). The first-order chi connectivity index (χ1) is 10.6. The van der Waals surface area contributed by atoms with E-state index in [1.807, 2.05) is 30.3 Å². The molecule has 0 saturated heterocycles. The van der Waals surface area contributed by atoms with Gasteiger partial charge in [-0.15, -0.1) is 0 Å². The van der Waals surface area contributed by atoms with E-state index in [1.54, 1.807) is 0 Å². The number of benzene rings is 1. The summed E-state index contributed by atoms with van der Waals surface area (Å²) in [6, 6.07) is 12.0. The van der Waals surface area contributed by atoms with Crippen molar-refractivity contribution in [3.05, 3.63) is 53.5 Å². The minimum absolute atomic E-state index is 0.157. The molecule has 0 radical (unpaired) electrons. The van der Waals surface area contributed by atoms with Gasteiger partial charge >= 0.3 is 5.97 Å². The topological polar surface area (TPSA) is 62.5 Å². The average Bonchev–Trinajstić information content (AvgIpc) is 3.05. The summed E-state index contributed by atoms with van der Waals surface area (Å²) in [6.45, 7) is 2.89. The first-order valence-corrected chi connectivity index (χ1v) is 7.75. The van der Waals surface area contributed by atoms with Crippen LogP contribution in [0, 0.1) is 5.92 Å². The highest BCUT2D eigenvalue weighted by molar-refractivity contribution is 5.67. The molecule has 4 nitrogen and oxygen atoms in total. The van der Waals surface area contributed by atoms with E-state index in [1.165, 1.54) is 6.42 Å². The molecule has 1 aromatic heterocycles. The van der Waals surface area contributed by atoms with Gasteiger partial charge in [-0.1, -0.05) is 19.1 Å². The summed E-state index contributed by atoms with van der Waals surface area (Å²) in [4.78, 5) is 10.6. The van der Waals surface area contributed by atoms with Crippen molar-refractivity contribution in [2.75, 3.05) is 5.32 Å². The molecular formula is C18H21NO3. The molecule has 1 aromatic carbocycles. The Morgan fingerprint density at radius 1 is 1.36 bits per heavy atom. The first-order valence-electron chi connectivity index (χ1n) is 7.75. The lowest BCUT2D eigenvalue weighted by Crippen LogP contribution is -2.00. The van der Waals surface area contributed by atoms with E-state index in [2.05, 4.69) is 18.3 Å². The lowest BCUT2D eigenvalue weighted by molar-refractivity contribution is -0.136. The zero-order valence-electron chi connectivity index (χ0n) is 12.7. The number of carboxylic acid groups (broad SMARTS) is 1. The molecule has 116 valence electrons. The highest BCUT2D eigenvalue weighted by atomic mass is 16.4. The molecule has 1 aliphatic carbocycles. The molecule has 2 unspecified atom stereocenters. The molecule has 1 heterocycles. The summed E-state index contributed by atoms with van der Waals surface area (Å²) >= 11 is 0. The molecule has 1 saturated carbocycles. The van der Waals surface area contributed by atoms with Gasteiger partial charge < -0.3 is 14.8 Å². The Labute approximate surface area is 130 Å². The third kappa shape index (κ3) is 3.70. The summed E-state index contributed by atoms with van der Waals surface area (Å²) in [5.74, 6) is 2.62. The minimum Gasteiger partial charge on any atom is -0.481 e. The van der Waals surface area contributed by atoms with Crippen LogP contribution >= 0.6 is 0 Å². The number of aliphatic carboxylic acids is 1. The van der Waals surface area contributed by atoms with Gasteiger partial charge in [0.1, 0.15) is 11.5 Å². The van der Waals surface area contributed by atoms with Crippen LogP contribution in [-0.2, 0) is 17.8 Å². The first kappa shape index (κ1) is 14.7. The monoisotopic (exact) mass is 299 g/mol. The molecule has 0 bridgehead atoms. The van der Waals surface area contributed by atoms with E-state index in [-0.39, 0.29) is 6.42 Å². The minimum atomic E-state index is -0.768. The summed E-state index contributed by atoms with van der Waals surface area (Å²) in [5, 5.41) is 12.1. The molecule has 0 aliphatic heterocycles. The number of carboxylic acids is 1. The molecule has 2 atom stereocenters. The van der Waals surface area contributed by atoms with E-state index in [0.29, 0.717) is 18.9 Å². The van der Waals surface area contributed by atoms with E-state index in [4.69, 9.17) is 9.52 Å². The average molecular weight is 299 g/mol.